The number of nitrogens with zero attached hydrogens (tertiary/aromatic N) is 9. The second-order valence-electron chi connectivity index (χ2n) is 10.5. The monoisotopic (exact) mass is 521 g/mol. The molecule has 4 aromatic rings. The topological polar surface area (TPSA) is 80.4 Å². The van der Waals surface area contributed by atoms with E-state index in [4.69, 9.17) is 24.7 Å². The summed E-state index contributed by atoms with van der Waals surface area (Å²) in [5.41, 5.74) is 3.45. The lowest BCUT2D eigenvalue weighted by Crippen LogP contribution is -2.50. The summed E-state index contributed by atoms with van der Waals surface area (Å²) in [7, 11) is 5.90. The minimum Gasteiger partial charge on any atom is -0.378 e. The van der Waals surface area contributed by atoms with Crippen LogP contribution >= 0.6 is 0 Å². The smallest absolute Gasteiger partial charge is 0.239 e. The Labute approximate surface area is 222 Å². The van der Waals surface area contributed by atoms with Crippen molar-refractivity contribution in [2.24, 2.45) is 7.05 Å². The summed E-state index contributed by atoms with van der Waals surface area (Å²) in [6, 6.07) is 8.06. The van der Waals surface area contributed by atoms with E-state index in [-0.39, 0.29) is 6.04 Å². The van der Waals surface area contributed by atoms with Gasteiger partial charge in [0.1, 0.15) is 17.8 Å². The predicted molar refractivity (Wildman–Crippen MR) is 146 cm³/mol. The Kier molecular flexibility index (Phi) is 6.75. The lowest BCUT2D eigenvalue weighted by molar-refractivity contribution is 0.0530. The Morgan fingerprint density at radius 3 is 2.55 bits per heavy atom. The molecular weight excluding hydrogens is 485 g/mol. The summed E-state index contributed by atoms with van der Waals surface area (Å²) >= 11 is 0. The number of likely N-dealkylation sites (tertiary alicyclic amines) is 1. The molecule has 10 nitrogen and oxygen atoms in total. The Morgan fingerprint density at radius 2 is 1.82 bits per heavy atom. The van der Waals surface area contributed by atoms with Gasteiger partial charge >= 0.3 is 0 Å². The first-order chi connectivity index (χ1) is 18.4. The van der Waals surface area contributed by atoms with E-state index in [1.807, 2.05) is 48.8 Å². The number of rotatable bonds is 6. The largest absolute Gasteiger partial charge is 0.378 e. The van der Waals surface area contributed by atoms with Crippen molar-refractivity contribution in [3.8, 4) is 5.95 Å². The number of aryl methyl sites for hydroxylation is 2. The van der Waals surface area contributed by atoms with E-state index >= 15 is 0 Å². The maximum Gasteiger partial charge on any atom is 0.239 e. The maximum absolute atomic E-state index is 14.9. The average molecular weight is 522 g/mol. The second kappa shape index (κ2) is 10.2. The normalized spacial score (nSPS) is 21.3. The van der Waals surface area contributed by atoms with Gasteiger partial charge < -0.3 is 19.1 Å². The van der Waals surface area contributed by atoms with Crippen LogP contribution in [0.5, 0.6) is 0 Å². The van der Waals surface area contributed by atoms with E-state index in [0.29, 0.717) is 32.3 Å². The molecule has 0 N–H and O–H groups in total. The van der Waals surface area contributed by atoms with Crippen LogP contribution in [0.4, 0.5) is 10.2 Å². The fourth-order valence-corrected chi connectivity index (χ4v) is 5.73. The lowest BCUT2D eigenvalue weighted by Gasteiger charge is -2.37. The highest BCUT2D eigenvalue weighted by Gasteiger charge is 2.32. The van der Waals surface area contributed by atoms with Crippen molar-refractivity contribution in [1.29, 1.82) is 0 Å². The molecule has 0 bridgehead atoms. The van der Waals surface area contributed by atoms with Crippen LogP contribution in [0.1, 0.15) is 25.0 Å². The molecule has 0 amide bonds. The standard InChI is InChI=1S/C27H36FN9O/c1-5-22-29-19-8-6-7-9-21(19)37(22)27-31-25-24(26(32-27)36-12-14-38-15-13-36)30-23(34(25)4)17-35-11-10-20(33(2)3)18(28)16-35/h6-9,18,20H,5,10-17H2,1-4H3/t18-,20+/m0/s1. The summed E-state index contributed by atoms with van der Waals surface area (Å²) in [4.78, 5) is 26.4. The average Bonchev–Trinajstić information content (AvgIpc) is 3.46. The van der Waals surface area contributed by atoms with Gasteiger partial charge in [-0.1, -0.05) is 19.1 Å². The highest BCUT2D eigenvalue weighted by molar-refractivity contribution is 5.86. The van der Waals surface area contributed by atoms with Crippen LogP contribution in [0, 0.1) is 0 Å². The molecule has 2 atom stereocenters. The molecule has 3 aromatic heterocycles. The van der Waals surface area contributed by atoms with Crippen LogP contribution in [0.3, 0.4) is 0 Å². The Morgan fingerprint density at radius 1 is 1.03 bits per heavy atom. The number of benzene rings is 1. The molecule has 2 saturated heterocycles. The molecule has 202 valence electrons. The van der Waals surface area contributed by atoms with Crippen LogP contribution in [0.15, 0.2) is 24.3 Å². The molecule has 0 saturated carbocycles. The maximum atomic E-state index is 14.9. The zero-order valence-corrected chi connectivity index (χ0v) is 22.6. The molecule has 0 unspecified atom stereocenters. The van der Waals surface area contributed by atoms with E-state index in [1.165, 1.54) is 0 Å². The first-order valence-electron chi connectivity index (χ1n) is 13.5. The number of hydrogen-bond donors (Lipinski definition) is 0. The number of aromatic nitrogens is 6. The SMILES string of the molecule is CCc1nc2ccccc2n1-c1nc(N2CCOCC2)c2nc(CN3CC[C@@H](N(C)C)[C@@H](F)C3)n(C)c2n1. The van der Waals surface area contributed by atoms with Crippen molar-refractivity contribution in [2.45, 2.75) is 38.5 Å². The van der Waals surface area contributed by atoms with Crippen LogP contribution in [-0.4, -0.2) is 105 Å². The zero-order valence-electron chi connectivity index (χ0n) is 22.6. The highest BCUT2D eigenvalue weighted by atomic mass is 19.1. The second-order valence-corrected chi connectivity index (χ2v) is 10.5. The molecule has 0 aliphatic carbocycles. The molecule has 6 rings (SSSR count). The van der Waals surface area contributed by atoms with Gasteiger partial charge in [0.25, 0.3) is 0 Å². The van der Waals surface area contributed by atoms with E-state index in [9.17, 15) is 4.39 Å². The molecule has 2 aliphatic rings. The molecule has 0 radical (unpaired) electrons. The molecule has 0 spiro atoms. The molecular formula is C27H36FN9O. The number of imidazole rings is 2. The molecule has 2 fully saturated rings. The summed E-state index contributed by atoms with van der Waals surface area (Å²) in [6.45, 7) is 6.68. The number of hydrogen-bond acceptors (Lipinski definition) is 8. The number of alkyl halides is 1. The van der Waals surface area contributed by atoms with Gasteiger partial charge in [-0.05, 0) is 32.6 Å². The van der Waals surface area contributed by atoms with E-state index in [1.54, 1.807) is 0 Å². The number of anilines is 1. The summed E-state index contributed by atoms with van der Waals surface area (Å²) in [5, 5.41) is 0. The van der Waals surface area contributed by atoms with E-state index in [0.717, 1.165) is 72.1 Å². The molecule has 2 aliphatic heterocycles. The van der Waals surface area contributed by atoms with Crippen LogP contribution in [0.25, 0.3) is 28.1 Å². The van der Waals surface area contributed by atoms with Crippen LogP contribution in [0.2, 0.25) is 0 Å². The predicted octanol–water partition coefficient (Wildman–Crippen LogP) is 2.58. The van der Waals surface area contributed by atoms with E-state index < -0.39 is 6.17 Å². The summed E-state index contributed by atoms with van der Waals surface area (Å²) in [6.07, 6.45) is 0.673. The Bertz CT molecular complexity index is 1440. The van der Waals surface area contributed by atoms with Gasteiger partial charge in [0, 0.05) is 45.7 Å². The first kappa shape index (κ1) is 25.1. The molecule has 5 heterocycles. The lowest BCUT2D eigenvalue weighted by atomic mass is 10.0. The number of piperidine rings is 1. The number of ether oxygens (including phenoxy) is 1. The van der Waals surface area contributed by atoms with Crippen LogP contribution < -0.4 is 4.90 Å². The zero-order chi connectivity index (χ0) is 26.4. The highest BCUT2D eigenvalue weighted by Crippen LogP contribution is 2.29. The van der Waals surface area contributed by atoms with Gasteiger partial charge in [-0.15, -0.1) is 0 Å². The minimum atomic E-state index is -0.884. The van der Waals surface area contributed by atoms with Gasteiger partial charge in [-0.2, -0.15) is 9.97 Å². The molecule has 38 heavy (non-hydrogen) atoms. The van der Waals surface area contributed by atoms with Crippen molar-refractivity contribution in [1.82, 2.24) is 38.9 Å². The van der Waals surface area contributed by atoms with Gasteiger partial charge in [0.2, 0.25) is 5.95 Å². The van der Waals surface area contributed by atoms with Crippen molar-refractivity contribution in [3.05, 3.63) is 35.9 Å². The molecule has 11 heteroatoms. The van der Waals surface area contributed by atoms with Gasteiger partial charge in [0.15, 0.2) is 17.0 Å². The number of para-hydroxylation sites is 2. The third-order valence-electron chi connectivity index (χ3n) is 7.86. The fraction of sp³-hybridized carbons (Fsp3) is 0.556. The van der Waals surface area contributed by atoms with Crippen molar-refractivity contribution in [3.63, 3.8) is 0 Å². The van der Waals surface area contributed by atoms with Crippen molar-refractivity contribution >= 4 is 28.0 Å². The van der Waals surface area contributed by atoms with Crippen molar-refractivity contribution < 1.29 is 9.13 Å². The van der Waals surface area contributed by atoms with Crippen molar-refractivity contribution in [2.75, 3.05) is 58.4 Å². The van der Waals surface area contributed by atoms with E-state index in [2.05, 4.69) is 27.4 Å². The van der Waals surface area contributed by atoms with Gasteiger partial charge in [-0.25, -0.2) is 14.4 Å². The van der Waals surface area contributed by atoms with Crippen LogP contribution in [-0.2, 0) is 24.8 Å². The number of morpholine rings is 1. The quantitative estimate of drug-likeness (QED) is 0.383. The van der Waals surface area contributed by atoms with Gasteiger partial charge in [-0.3, -0.25) is 9.47 Å². The fourth-order valence-electron chi connectivity index (χ4n) is 5.73. The first-order valence-corrected chi connectivity index (χ1v) is 13.5. The molecule has 1 aromatic carbocycles. The minimum absolute atomic E-state index is 0.0363. The number of halogens is 1. The third kappa shape index (κ3) is 4.42. The summed E-state index contributed by atoms with van der Waals surface area (Å²) in [5.74, 6) is 3.18. The summed E-state index contributed by atoms with van der Waals surface area (Å²) < 4.78 is 24.6. The Balaban J connectivity index is 1.44. The Hall–Kier alpha value is -3.15. The number of fused-ring (bicyclic) bond motifs is 2. The van der Waals surface area contributed by atoms with Gasteiger partial charge in [0.05, 0.1) is 30.8 Å². The third-order valence-corrected chi connectivity index (χ3v) is 7.86.